The molecule has 1 aromatic rings. The molecule has 126 valence electrons. The van der Waals surface area contributed by atoms with Crippen LogP contribution in [0.1, 0.15) is 36.4 Å². The second-order valence-electron chi connectivity index (χ2n) is 6.12. The molecule has 1 saturated heterocycles. The van der Waals surface area contributed by atoms with Crippen molar-refractivity contribution in [1.82, 2.24) is 10.9 Å². The second-order valence-corrected chi connectivity index (χ2v) is 6.53. The smallest absolute Gasteiger partial charge is 0.416 e. The lowest BCUT2D eigenvalue weighted by Gasteiger charge is -2.31. The number of halogens is 4. The summed E-state index contributed by atoms with van der Waals surface area (Å²) in [4.78, 5) is 11.2. The van der Waals surface area contributed by atoms with E-state index in [4.69, 9.17) is 11.6 Å². The highest BCUT2D eigenvalue weighted by molar-refractivity contribution is 6.31. The van der Waals surface area contributed by atoms with E-state index in [9.17, 15) is 23.1 Å². The van der Waals surface area contributed by atoms with Crippen LogP contribution in [0.2, 0.25) is 5.02 Å². The minimum absolute atomic E-state index is 0.0428. The molecule has 0 bridgehead atoms. The molecule has 0 amide bonds. The number of hydrazine groups is 1. The van der Waals surface area contributed by atoms with Crippen LogP contribution in [0.15, 0.2) is 18.2 Å². The number of aliphatic carboxylic acids is 1. The fourth-order valence-corrected chi connectivity index (χ4v) is 3.78. The molecule has 0 radical (unpaired) electrons. The number of benzene rings is 1. The van der Waals surface area contributed by atoms with Gasteiger partial charge in [-0.1, -0.05) is 11.6 Å². The van der Waals surface area contributed by atoms with Crippen molar-refractivity contribution in [3.8, 4) is 0 Å². The summed E-state index contributed by atoms with van der Waals surface area (Å²) in [6, 6.07) is 2.85. The molecule has 4 nitrogen and oxygen atoms in total. The zero-order chi connectivity index (χ0) is 16.8. The van der Waals surface area contributed by atoms with Crippen LogP contribution < -0.4 is 10.9 Å². The van der Waals surface area contributed by atoms with E-state index in [0.29, 0.717) is 24.8 Å². The van der Waals surface area contributed by atoms with Gasteiger partial charge in [0.25, 0.3) is 0 Å². The Morgan fingerprint density at radius 3 is 2.65 bits per heavy atom. The Balaban J connectivity index is 1.91. The number of fused-ring (bicyclic) bond motifs is 1. The van der Waals surface area contributed by atoms with Gasteiger partial charge in [-0.05, 0) is 48.9 Å². The first kappa shape index (κ1) is 16.5. The zero-order valence-corrected chi connectivity index (χ0v) is 12.8. The Morgan fingerprint density at radius 1 is 1.26 bits per heavy atom. The third-order valence-electron chi connectivity index (χ3n) is 4.76. The van der Waals surface area contributed by atoms with Crippen molar-refractivity contribution in [2.45, 2.75) is 37.5 Å². The van der Waals surface area contributed by atoms with Crippen molar-refractivity contribution >= 4 is 17.6 Å². The van der Waals surface area contributed by atoms with E-state index >= 15 is 0 Å². The predicted octanol–water partition coefficient (Wildman–Crippen LogP) is 3.38. The lowest BCUT2D eigenvalue weighted by Crippen LogP contribution is -2.36. The van der Waals surface area contributed by atoms with Crippen molar-refractivity contribution in [2.75, 3.05) is 0 Å². The molecule has 3 rings (SSSR count). The van der Waals surface area contributed by atoms with Crippen molar-refractivity contribution in [3.05, 3.63) is 34.3 Å². The minimum atomic E-state index is -4.44. The number of carboxylic acid groups (broad SMARTS) is 1. The first-order valence-electron chi connectivity index (χ1n) is 7.38. The summed E-state index contributed by atoms with van der Waals surface area (Å²) < 4.78 is 38.8. The fraction of sp³-hybridized carbons (Fsp3) is 0.533. The van der Waals surface area contributed by atoms with Crippen LogP contribution in [0, 0.1) is 11.8 Å². The molecule has 3 N–H and O–H groups in total. The van der Waals surface area contributed by atoms with Gasteiger partial charge in [0.05, 0.1) is 17.5 Å². The van der Waals surface area contributed by atoms with E-state index in [-0.39, 0.29) is 17.0 Å². The SMILES string of the molecule is O=C(O)C1CCC2NNC(c3cc(C(F)(F)F)ccc3Cl)C2C1. The van der Waals surface area contributed by atoms with E-state index in [1.807, 2.05) is 0 Å². The first-order chi connectivity index (χ1) is 10.8. The fourth-order valence-electron chi connectivity index (χ4n) is 3.55. The Kier molecular flexibility index (Phi) is 4.29. The van der Waals surface area contributed by atoms with Crippen LogP contribution in [-0.4, -0.2) is 17.1 Å². The lowest BCUT2D eigenvalue weighted by atomic mass is 9.74. The van der Waals surface area contributed by atoms with E-state index < -0.39 is 29.7 Å². The molecular formula is C15H16ClF3N2O2. The van der Waals surface area contributed by atoms with E-state index in [1.54, 1.807) is 0 Å². The molecule has 4 unspecified atom stereocenters. The van der Waals surface area contributed by atoms with Gasteiger partial charge in [-0.2, -0.15) is 13.2 Å². The standard InChI is InChI=1S/C15H16ClF3N2O2/c16-11-3-2-8(15(17,18)19)6-9(11)13-10-5-7(14(22)23)1-4-12(10)20-21-13/h2-3,6-7,10,12-13,20-21H,1,4-5H2,(H,22,23). The third-order valence-corrected chi connectivity index (χ3v) is 5.10. The largest absolute Gasteiger partial charge is 0.481 e. The second kappa shape index (κ2) is 5.96. The highest BCUT2D eigenvalue weighted by Crippen LogP contribution is 2.43. The molecule has 8 heteroatoms. The normalized spacial score (nSPS) is 31.0. The molecule has 1 aliphatic carbocycles. The number of hydrogen-bond donors (Lipinski definition) is 3. The van der Waals surface area contributed by atoms with Crippen LogP contribution in [0.4, 0.5) is 13.2 Å². The van der Waals surface area contributed by atoms with E-state index in [1.165, 1.54) is 6.07 Å². The Labute approximate surface area is 136 Å². The molecule has 2 aliphatic rings. The summed E-state index contributed by atoms with van der Waals surface area (Å²) in [7, 11) is 0. The molecule has 1 heterocycles. The van der Waals surface area contributed by atoms with Gasteiger partial charge in [0.2, 0.25) is 0 Å². The molecule has 1 saturated carbocycles. The lowest BCUT2D eigenvalue weighted by molar-refractivity contribution is -0.143. The average Bonchev–Trinajstić information content (AvgIpc) is 2.89. The average molecular weight is 349 g/mol. The molecule has 0 aromatic heterocycles. The maximum Gasteiger partial charge on any atom is 0.416 e. The van der Waals surface area contributed by atoms with Crippen molar-refractivity contribution < 1.29 is 23.1 Å². The van der Waals surface area contributed by atoms with Gasteiger partial charge in [-0.25, -0.2) is 5.43 Å². The Morgan fingerprint density at radius 2 is 2.00 bits per heavy atom. The van der Waals surface area contributed by atoms with Crippen LogP contribution >= 0.6 is 11.6 Å². The molecule has 1 aliphatic heterocycles. The van der Waals surface area contributed by atoms with E-state index in [2.05, 4.69) is 10.9 Å². The summed E-state index contributed by atoms with van der Waals surface area (Å²) in [6.45, 7) is 0. The number of nitrogens with one attached hydrogen (secondary N) is 2. The molecule has 4 atom stereocenters. The number of carbonyl (C=O) groups is 1. The highest BCUT2D eigenvalue weighted by Gasteiger charge is 2.44. The molecule has 23 heavy (non-hydrogen) atoms. The van der Waals surface area contributed by atoms with Gasteiger partial charge in [0.15, 0.2) is 0 Å². The third kappa shape index (κ3) is 3.18. The molecule has 0 spiro atoms. The predicted molar refractivity (Wildman–Crippen MR) is 77.7 cm³/mol. The number of rotatable bonds is 2. The summed E-state index contributed by atoms with van der Waals surface area (Å²) >= 11 is 6.11. The van der Waals surface area contributed by atoms with Gasteiger partial charge < -0.3 is 5.11 Å². The minimum Gasteiger partial charge on any atom is -0.481 e. The van der Waals surface area contributed by atoms with Crippen LogP contribution in [-0.2, 0) is 11.0 Å². The van der Waals surface area contributed by atoms with Gasteiger partial charge in [-0.15, -0.1) is 0 Å². The van der Waals surface area contributed by atoms with Gasteiger partial charge in [-0.3, -0.25) is 10.2 Å². The van der Waals surface area contributed by atoms with Crippen LogP contribution in [0.5, 0.6) is 0 Å². The number of hydrogen-bond acceptors (Lipinski definition) is 3. The van der Waals surface area contributed by atoms with Crippen molar-refractivity contribution in [1.29, 1.82) is 0 Å². The maximum atomic E-state index is 12.9. The maximum absolute atomic E-state index is 12.9. The molecule has 2 fully saturated rings. The molecular weight excluding hydrogens is 333 g/mol. The quantitative estimate of drug-likeness (QED) is 0.767. The number of carboxylic acids is 1. The zero-order valence-electron chi connectivity index (χ0n) is 12.0. The topological polar surface area (TPSA) is 61.4 Å². The summed E-state index contributed by atoms with van der Waals surface area (Å²) in [5, 5.41) is 9.45. The first-order valence-corrected chi connectivity index (χ1v) is 7.75. The monoisotopic (exact) mass is 348 g/mol. The Hall–Kier alpha value is -1.31. The van der Waals surface area contributed by atoms with E-state index in [0.717, 1.165) is 12.1 Å². The summed E-state index contributed by atoms with van der Waals surface area (Å²) in [5.74, 6) is -1.43. The van der Waals surface area contributed by atoms with Gasteiger partial charge in [0.1, 0.15) is 0 Å². The highest BCUT2D eigenvalue weighted by atomic mass is 35.5. The summed E-state index contributed by atoms with van der Waals surface area (Å²) in [5.41, 5.74) is 5.67. The van der Waals surface area contributed by atoms with Crippen molar-refractivity contribution in [3.63, 3.8) is 0 Å². The van der Waals surface area contributed by atoms with Crippen LogP contribution in [0.25, 0.3) is 0 Å². The molecule has 1 aromatic carbocycles. The van der Waals surface area contributed by atoms with Gasteiger partial charge >= 0.3 is 12.1 Å². The van der Waals surface area contributed by atoms with Crippen LogP contribution in [0.3, 0.4) is 0 Å². The number of alkyl halides is 3. The van der Waals surface area contributed by atoms with Crippen molar-refractivity contribution in [2.24, 2.45) is 11.8 Å². The van der Waals surface area contributed by atoms with Gasteiger partial charge in [0, 0.05) is 11.1 Å². The summed E-state index contributed by atoms with van der Waals surface area (Å²) in [6.07, 6.45) is -2.80. The Bertz CT molecular complexity index is 623.